The van der Waals surface area contributed by atoms with E-state index in [0.29, 0.717) is 6.42 Å². The summed E-state index contributed by atoms with van der Waals surface area (Å²) < 4.78 is 0. The molecule has 16 heavy (non-hydrogen) atoms. The first kappa shape index (κ1) is 13.0. The van der Waals surface area contributed by atoms with Crippen molar-refractivity contribution in [2.75, 3.05) is 0 Å². The highest BCUT2D eigenvalue weighted by molar-refractivity contribution is 5.80. The maximum Gasteiger partial charge on any atom is 0.307 e. The van der Waals surface area contributed by atoms with Gasteiger partial charge >= 0.3 is 11.9 Å². The smallest absolute Gasteiger partial charge is 0.307 e. The maximum atomic E-state index is 11.2. The van der Waals surface area contributed by atoms with Crippen molar-refractivity contribution < 1.29 is 19.8 Å². The van der Waals surface area contributed by atoms with Gasteiger partial charge in [-0.25, -0.2) is 0 Å². The molecule has 0 heterocycles. The molecular weight excluding hydrogens is 208 g/mol. The van der Waals surface area contributed by atoms with Crippen molar-refractivity contribution in [1.29, 1.82) is 0 Å². The van der Waals surface area contributed by atoms with E-state index in [4.69, 9.17) is 5.11 Å². The molecule has 4 heteroatoms. The molecule has 0 aliphatic heterocycles. The summed E-state index contributed by atoms with van der Waals surface area (Å²) in [7, 11) is 0. The molecule has 1 fully saturated rings. The Kier molecular flexibility index (Phi) is 4.77. The van der Waals surface area contributed by atoms with Crippen molar-refractivity contribution in [1.82, 2.24) is 0 Å². The van der Waals surface area contributed by atoms with E-state index >= 15 is 0 Å². The topological polar surface area (TPSA) is 74.6 Å². The minimum absolute atomic E-state index is 0.0484. The molecule has 0 amide bonds. The van der Waals surface area contributed by atoms with E-state index in [-0.39, 0.29) is 5.92 Å². The number of carbonyl (C=O) groups is 2. The van der Waals surface area contributed by atoms with Gasteiger partial charge in [0.1, 0.15) is 0 Å². The number of carboxylic acid groups (broad SMARTS) is 2. The lowest BCUT2D eigenvalue weighted by Gasteiger charge is -2.30. The van der Waals surface area contributed by atoms with Crippen LogP contribution in [0.1, 0.15) is 45.4 Å². The molecule has 1 aliphatic carbocycles. The normalized spacial score (nSPS) is 21.3. The SMILES string of the molecule is CCC(C(=O)O)C(C(=O)O)C1CCCCC1. The zero-order valence-electron chi connectivity index (χ0n) is 9.69. The minimum Gasteiger partial charge on any atom is -0.481 e. The predicted octanol–water partition coefficient (Wildman–Crippen LogP) is 2.38. The van der Waals surface area contributed by atoms with E-state index < -0.39 is 23.8 Å². The molecule has 0 aromatic heterocycles. The fourth-order valence-electron chi connectivity index (χ4n) is 2.78. The Balaban J connectivity index is 2.79. The largest absolute Gasteiger partial charge is 0.481 e. The second kappa shape index (κ2) is 5.87. The molecule has 0 aromatic rings. The summed E-state index contributed by atoms with van der Waals surface area (Å²) in [4.78, 5) is 22.3. The fourth-order valence-corrected chi connectivity index (χ4v) is 2.78. The lowest BCUT2D eigenvalue weighted by molar-refractivity contribution is -0.156. The second-order valence-electron chi connectivity index (χ2n) is 4.62. The van der Waals surface area contributed by atoms with Gasteiger partial charge in [0.15, 0.2) is 0 Å². The molecule has 2 atom stereocenters. The highest BCUT2D eigenvalue weighted by Crippen LogP contribution is 2.35. The lowest BCUT2D eigenvalue weighted by Crippen LogP contribution is -2.36. The van der Waals surface area contributed by atoms with Gasteiger partial charge in [0.25, 0.3) is 0 Å². The molecule has 0 saturated heterocycles. The summed E-state index contributed by atoms with van der Waals surface area (Å²) in [5.41, 5.74) is 0. The molecule has 2 unspecified atom stereocenters. The average Bonchev–Trinajstić information content (AvgIpc) is 2.25. The van der Waals surface area contributed by atoms with E-state index in [2.05, 4.69) is 0 Å². The van der Waals surface area contributed by atoms with Crippen LogP contribution >= 0.6 is 0 Å². The van der Waals surface area contributed by atoms with Crippen molar-refractivity contribution in [2.45, 2.75) is 45.4 Å². The molecule has 1 aliphatic rings. The molecule has 2 N–H and O–H groups in total. The predicted molar refractivity (Wildman–Crippen MR) is 59.1 cm³/mol. The Morgan fingerprint density at radius 3 is 2.06 bits per heavy atom. The lowest BCUT2D eigenvalue weighted by atomic mass is 9.73. The van der Waals surface area contributed by atoms with Gasteiger partial charge in [-0.3, -0.25) is 9.59 Å². The third kappa shape index (κ3) is 2.97. The molecule has 0 spiro atoms. The van der Waals surface area contributed by atoms with Crippen LogP contribution < -0.4 is 0 Å². The number of hydrogen-bond acceptors (Lipinski definition) is 2. The van der Waals surface area contributed by atoms with E-state index in [1.807, 2.05) is 0 Å². The van der Waals surface area contributed by atoms with Gasteiger partial charge in [0, 0.05) is 0 Å². The average molecular weight is 228 g/mol. The number of rotatable bonds is 5. The van der Waals surface area contributed by atoms with Gasteiger partial charge < -0.3 is 10.2 Å². The van der Waals surface area contributed by atoms with Crippen LogP contribution in [-0.2, 0) is 9.59 Å². The summed E-state index contributed by atoms with van der Waals surface area (Å²) in [6.45, 7) is 1.75. The quantitative estimate of drug-likeness (QED) is 0.757. The fraction of sp³-hybridized carbons (Fsp3) is 0.833. The Hall–Kier alpha value is -1.06. The van der Waals surface area contributed by atoms with Crippen LogP contribution in [0, 0.1) is 17.8 Å². The molecule has 92 valence electrons. The van der Waals surface area contributed by atoms with Crippen LogP contribution in [0.25, 0.3) is 0 Å². The van der Waals surface area contributed by atoms with Crippen LogP contribution in [0.5, 0.6) is 0 Å². The van der Waals surface area contributed by atoms with Crippen LogP contribution in [0.4, 0.5) is 0 Å². The zero-order chi connectivity index (χ0) is 12.1. The van der Waals surface area contributed by atoms with Gasteiger partial charge in [-0.1, -0.05) is 26.2 Å². The Morgan fingerprint density at radius 1 is 1.12 bits per heavy atom. The van der Waals surface area contributed by atoms with Gasteiger partial charge in [-0.15, -0.1) is 0 Å². The number of hydrogen-bond donors (Lipinski definition) is 2. The summed E-state index contributed by atoms with van der Waals surface area (Å²) in [6, 6.07) is 0. The standard InChI is InChI=1S/C12H20O4/c1-2-9(11(13)14)10(12(15)16)8-6-4-3-5-7-8/h8-10H,2-7H2,1H3,(H,13,14)(H,15,16). The van der Waals surface area contributed by atoms with Crippen LogP contribution in [0.15, 0.2) is 0 Å². The van der Waals surface area contributed by atoms with E-state index in [1.165, 1.54) is 0 Å². The van der Waals surface area contributed by atoms with Gasteiger partial charge in [-0.2, -0.15) is 0 Å². The molecule has 4 nitrogen and oxygen atoms in total. The van der Waals surface area contributed by atoms with Crippen molar-refractivity contribution in [2.24, 2.45) is 17.8 Å². The first-order chi connectivity index (χ1) is 7.57. The first-order valence-electron chi connectivity index (χ1n) is 6.03. The van der Waals surface area contributed by atoms with Crippen molar-refractivity contribution in [3.05, 3.63) is 0 Å². The Morgan fingerprint density at radius 2 is 1.69 bits per heavy atom. The highest BCUT2D eigenvalue weighted by Gasteiger charge is 2.38. The summed E-state index contributed by atoms with van der Waals surface area (Å²) in [5, 5.41) is 18.3. The molecule has 1 saturated carbocycles. The van der Waals surface area contributed by atoms with Crippen molar-refractivity contribution >= 4 is 11.9 Å². The number of aliphatic carboxylic acids is 2. The third-order valence-corrected chi connectivity index (χ3v) is 3.63. The summed E-state index contributed by atoms with van der Waals surface area (Å²) in [5.74, 6) is -3.31. The molecule has 1 rings (SSSR count). The van der Waals surface area contributed by atoms with Crippen molar-refractivity contribution in [3.63, 3.8) is 0 Å². The molecule has 0 radical (unpaired) electrons. The minimum atomic E-state index is -0.972. The van der Waals surface area contributed by atoms with Gasteiger partial charge in [0.2, 0.25) is 0 Å². The van der Waals surface area contributed by atoms with E-state index in [0.717, 1.165) is 32.1 Å². The van der Waals surface area contributed by atoms with Gasteiger partial charge in [0.05, 0.1) is 11.8 Å². The Labute approximate surface area is 95.7 Å². The van der Waals surface area contributed by atoms with Crippen LogP contribution in [0.3, 0.4) is 0 Å². The first-order valence-corrected chi connectivity index (χ1v) is 6.03. The maximum absolute atomic E-state index is 11.2. The second-order valence-corrected chi connectivity index (χ2v) is 4.62. The zero-order valence-corrected chi connectivity index (χ0v) is 9.69. The van der Waals surface area contributed by atoms with Gasteiger partial charge in [-0.05, 0) is 25.2 Å². The summed E-state index contributed by atoms with van der Waals surface area (Å²) in [6.07, 6.45) is 5.33. The van der Waals surface area contributed by atoms with E-state index in [9.17, 15) is 14.7 Å². The molecule has 0 aromatic carbocycles. The van der Waals surface area contributed by atoms with Crippen LogP contribution in [-0.4, -0.2) is 22.2 Å². The van der Waals surface area contributed by atoms with Crippen LogP contribution in [0.2, 0.25) is 0 Å². The molecule has 0 bridgehead atoms. The number of carboxylic acids is 2. The molecular formula is C12H20O4. The summed E-state index contributed by atoms with van der Waals surface area (Å²) >= 11 is 0. The third-order valence-electron chi connectivity index (χ3n) is 3.63. The highest BCUT2D eigenvalue weighted by atomic mass is 16.4. The van der Waals surface area contributed by atoms with E-state index in [1.54, 1.807) is 6.92 Å². The monoisotopic (exact) mass is 228 g/mol. The Bertz CT molecular complexity index is 256. The van der Waals surface area contributed by atoms with Crippen molar-refractivity contribution in [3.8, 4) is 0 Å².